The second-order valence-electron chi connectivity index (χ2n) is 7.77. The number of carbonyl (C=O) groups is 1. The number of aryl methyl sites for hydroxylation is 1. The van der Waals surface area contributed by atoms with E-state index in [1.54, 1.807) is 60.3 Å². The molecule has 0 aliphatic carbocycles. The Bertz CT molecular complexity index is 1180. The molecule has 1 amide bonds. The monoisotopic (exact) mass is 502 g/mol. The summed E-state index contributed by atoms with van der Waals surface area (Å²) in [5, 5.41) is 3.48. The number of nitrogens with zero attached hydrogens (tertiary/aromatic N) is 1. The largest absolute Gasteiger partial charge is 0.348 e. The third-order valence-corrected chi connectivity index (χ3v) is 8.05. The molecule has 0 spiro atoms. The average molecular weight is 503 g/mol. The number of hydrogen-bond donors (Lipinski definition) is 1. The third-order valence-electron chi connectivity index (χ3n) is 5.24. The number of thioether (sulfide) groups is 1. The van der Waals surface area contributed by atoms with Gasteiger partial charge in [0.05, 0.1) is 17.5 Å². The van der Waals surface area contributed by atoms with Gasteiger partial charge in [0.25, 0.3) is 0 Å². The van der Waals surface area contributed by atoms with Gasteiger partial charge < -0.3 is 5.32 Å². The molecule has 3 aromatic rings. The fourth-order valence-corrected chi connectivity index (χ4v) is 5.22. The minimum atomic E-state index is -3.89. The molecular weight excluding hydrogens is 476 g/mol. The summed E-state index contributed by atoms with van der Waals surface area (Å²) in [6.07, 6.45) is 2.00. The maximum Gasteiger partial charge on any atom is 0.243 e. The predicted octanol–water partition coefficient (Wildman–Crippen LogP) is 5.44. The molecule has 8 heteroatoms. The van der Waals surface area contributed by atoms with E-state index in [0.717, 1.165) is 21.6 Å². The summed E-state index contributed by atoms with van der Waals surface area (Å²) >= 11 is 7.62. The second-order valence-corrected chi connectivity index (χ2v) is 11.0. The third kappa shape index (κ3) is 6.84. The van der Waals surface area contributed by atoms with Crippen molar-refractivity contribution in [3.05, 3.63) is 94.5 Å². The van der Waals surface area contributed by atoms with Gasteiger partial charge in [-0.05, 0) is 67.6 Å². The summed E-state index contributed by atoms with van der Waals surface area (Å²) in [5.41, 5.74) is 2.65. The van der Waals surface area contributed by atoms with E-state index in [1.165, 1.54) is 4.31 Å². The molecule has 0 heterocycles. The van der Waals surface area contributed by atoms with Gasteiger partial charge in [0, 0.05) is 16.5 Å². The van der Waals surface area contributed by atoms with Crippen LogP contribution in [0.1, 0.15) is 29.7 Å². The molecule has 1 N–H and O–H groups in total. The quantitative estimate of drug-likeness (QED) is 0.396. The van der Waals surface area contributed by atoms with E-state index >= 15 is 0 Å². The molecule has 1 atom stereocenters. The molecule has 0 aromatic heterocycles. The zero-order valence-corrected chi connectivity index (χ0v) is 21.2. The smallest absolute Gasteiger partial charge is 0.243 e. The first kappa shape index (κ1) is 25.3. The first-order chi connectivity index (χ1) is 15.7. The zero-order chi connectivity index (χ0) is 24.0. The van der Waals surface area contributed by atoms with E-state index in [4.69, 9.17) is 11.6 Å². The average Bonchev–Trinajstić information content (AvgIpc) is 2.80. The highest BCUT2D eigenvalue weighted by Gasteiger charge is 2.27. The Labute approximate surface area is 205 Å². The van der Waals surface area contributed by atoms with Crippen molar-refractivity contribution in [1.29, 1.82) is 0 Å². The van der Waals surface area contributed by atoms with Crippen LogP contribution in [-0.2, 0) is 21.4 Å². The molecule has 0 aliphatic rings. The minimum absolute atomic E-state index is 0.0532. The van der Waals surface area contributed by atoms with Crippen LogP contribution in [0.15, 0.2) is 82.6 Å². The molecule has 0 saturated heterocycles. The van der Waals surface area contributed by atoms with Crippen molar-refractivity contribution in [3.8, 4) is 0 Å². The van der Waals surface area contributed by atoms with Crippen LogP contribution in [-0.4, -0.2) is 31.4 Å². The van der Waals surface area contributed by atoms with Gasteiger partial charge in [-0.1, -0.05) is 53.6 Å². The predicted molar refractivity (Wildman–Crippen MR) is 135 cm³/mol. The molecule has 0 radical (unpaired) electrons. The van der Waals surface area contributed by atoms with Crippen LogP contribution >= 0.6 is 23.4 Å². The summed E-state index contributed by atoms with van der Waals surface area (Å²) in [6, 6.07) is 21.2. The standard InChI is InChI=1S/C25H27ClN2O3S2/c1-18-4-14-24(15-5-18)33(30,31)28(16-20-6-10-22(26)11-7-20)17-25(29)27-19(2)21-8-12-23(32-3)13-9-21/h4-15,19H,16-17H2,1-3H3,(H,27,29). The van der Waals surface area contributed by atoms with Crippen LogP contribution < -0.4 is 5.32 Å². The highest BCUT2D eigenvalue weighted by atomic mass is 35.5. The maximum atomic E-state index is 13.4. The van der Waals surface area contributed by atoms with Crippen molar-refractivity contribution in [3.63, 3.8) is 0 Å². The van der Waals surface area contributed by atoms with E-state index < -0.39 is 10.0 Å². The van der Waals surface area contributed by atoms with Gasteiger partial charge in [0.15, 0.2) is 0 Å². The topological polar surface area (TPSA) is 66.5 Å². The lowest BCUT2D eigenvalue weighted by Gasteiger charge is -2.23. The van der Waals surface area contributed by atoms with E-state index in [0.29, 0.717) is 5.02 Å². The van der Waals surface area contributed by atoms with Gasteiger partial charge in [-0.2, -0.15) is 4.31 Å². The molecule has 1 unspecified atom stereocenters. The van der Waals surface area contributed by atoms with E-state index in [-0.39, 0.29) is 29.9 Å². The Morgan fingerprint density at radius 2 is 1.61 bits per heavy atom. The molecule has 0 fully saturated rings. The number of sulfonamides is 1. The Morgan fingerprint density at radius 3 is 2.18 bits per heavy atom. The molecule has 0 saturated carbocycles. The van der Waals surface area contributed by atoms with Crippen LogP contribution in [0.4, 0.5) is 0 Å². The number of carbonyl (C=O) groups excluding carboxylic acids is 1. The summed E-state index contributed by atoms with van der Waals surface area (Å²) in [4.78, 5) is 14.2. The van der Waals surface area contributed by atoms with Gasteiger partial charge in [0.1, 0.15) is 0 Å². The number of benzene rings is 3. The second kappa shape index (κ2) is 11.2. The number of amides is 1. The number of hydrogen-bond acceptors (Lipinski definition) is 4. The SMILES string of the molecule is CSc1ccc(C(C)NC(=O)CN(Cc2ccc(Cl)cc2)S(=O)(=O)c2ccc(C)cc2)cc1. The van der Waals surface area contributed by atoms with Crippen molar-refractivity contribution in [2.45, 2.75) is 36.2 Å². The van der Waals surface area contributed by atoms with Crippen molar-refractivity contribution >= 4 is 39.3 Å². The lowest BCUT2D eigenvalue weighted by molar-refractivity contribution is -0.122. The summed E-state index contributed by atoms with van der Waals surface area (Å²) in [7, 11) is -3.89. The minimum Gasteiger partial charge on any atom is -0.348 e. The van der Waals surface area contributed by atoms with Crippen molar-refractivity contribution in [2.24, 2.45) is 0 Å². The lowest BCUT2D eigenvalue weighted by atomic mass is 10.1. The van der Waals surface area contributed by atoms with Gasteiger partial charge in [-0.25, -0.2) is 8.42 Å². The number of nitrogens with one attached hydrogen (secondary N) is 1. The summed E-state index contributed by atoms with van der Waals surface area (Å²) in [6.45, 7) is 3.52. The first-order valence-corrected chi connectivity index (χ1v) is 13.5. The van der Waals surface area contributed by atoms with Gasteiger partial charge in [-0.3, -0.25) is 4.79 Å². The van der Waals surface area contributed by atoms with E-state index in [1.807, 2.05) is 44.4 Å². The van der Waals surface area contributed by atoms with Crippen LogP contribution in [0, 0.1) is 6.92 Å². The van der Waals surface area contributed by atoms with Crippen LogP contribution in [0.3, 0.4) is 0 Å². The van der Waals surface area contributed by atoms with E-state index in [2.05, 4.69) is 5.32 Å². The summed E-state index contributed by atoms with van der Waals surface area (Å²) < 4.78 is 28.0. The fourth-order valence-electron chi connectivity index (χ4n) is 3.30. The Morgan fingerprint density at radius 1 is 1.00 bits per heavy atom. The van der Waals surface area contributed by atoms with E-state index in [9.17, 15) is 13.2 Å². The molecule has 0 bridgehead atoms. The molecular formula is C25H27ClN2O3S2. The Hall–Kier alpha value is -2.32. The molecule has 3 rings (SSSR count). The van der Waals surface area contributed by atoms with Crippen LogP contribution in [0.5, 0.6) is 0 Å². The fraction of sp³-hybridized carbons (Fsp3) is 0.240. The van der Waals surface area contributed by atoms with Crippen molar-refractivity contribution in [2.75, 3.05) is 12.8 Å². The highest BCUT2D eigenvalue weighted by Crippen LogP contribution is 2.21. The van der Waals surface area contributed by atoms with Gasteiger partial charge >= 0.3 is 0 Å². The van der Waals surface area contributed by atoms with Gasteiger partial charge in [0.2, 0.25) is 15.9 Å². The van der Waals surface area contributed by atoms with Gasteiger partial charge in [-0.15, -0.1) is 11.8 Å². The molecule has 0 aliphatic heterocycles. The zero-order valence-electron chi connectivity index (χ0n) is 18.8. The lowest BCUT2D eigenvalue weighted by Crippen LogP contribution is -2.41. The molecule has 33 heavy (non-hydrogen) atoms. The van der Waals surface area contributed by atoms with Crippen LogP contribution in [0.25, 0.3) is 0 Å². The summed E-state index contributed by atoms with van der Waals surface area (Å²) in [5.74, 6) is -0.374. The Kier molecular flexibility index (Phi) is 8.59. The molecule has 174 valence electrons. The molecule has 5 nitrogen and oxygen atoms in total. The highest BCUT2D eigenvalue weighted by molar-refractivity contribution is 7.98. The number of rotatable bonds is 9. The van der Waals surface area contributed by atoms with Crippen molar-refractivity contribution in [1.82, 2.24) is 9.62 Å². The number of halogens is 1. The normalized spacial score (nSPS) is 12.5. The van der Waals surface area contributed by atoms with Crippen molar-refractivity contribution < 1.29 is 13.2 Å². The Balaban J connectivity index is 1.81. The maximum absolute atomic E-state index is 13.4. The van der Waals surface area contributed by atoms with Crippen LogP contribution in [0.2, 0.25) is 5.02 Å². The first-order valence-electron chi connectivity index (χ1n) is 10.4. The molecule has 3 aromatic carbocycles.